The third-order valence-corrected chi connectivity index (χ3v) is 3.71. The molecule has 20 heavy (non-hydrogen) atoms. The molecule has 106 valence electrons. The van der Waals surface area contributed by atoms with Gasteiger partial charge in [-0.25, -0.2) is 0 Å². The normalized spacial score (nSPS) is 21.5. The molecule has 1 amide bonds. The van der Waals surface area contributed by atoms with E-state index >= 15 is 0 Å². The Hall–Kier alpha value is -2.10. The van der Waals surface area contributed by atoms with E-state index in [-0.39, 0.29) is 5.91 Å². The second-order valence-electron chi connectivity index (χ2n) is 5.28. The monoisotopic (exact) mass is 272 g/mol. The lowest BCUT2D eigenvalue weighted by Gasteiger charge is -2.28. The Labute approximate surface area is 118 Å². The number of amides is 1. The van der Waals surface area contributed by atoms with Gasteiger partial charge in [-0.05, 0) is 38.3 Å². The fraction of sp³-hybridized carbons (Fsp3) is 0.375. The molecule has 1 aliphatic carbocycles. The standard InChI is InChI=1S/C16H19NO3/c1-10-7-8-14(11(2)9-10)17-15(18)12-5-3-4-6-13(12)16(19)20/h3-4,7-9,12-13H,5-6H2,1-2H3,(H,17,18)(H,19,20)/p-1/t12-,13+/m1/s1. The molecule has 0 saturated heterocycles. The van der Waals surface area contributed by atoms with E-state index in [9.17, 15) is 14.7 Å². The van der Waals surface area contributed by atoms with Gasteiger partial charge in [0.2, 0.25) is 5.91 Å². The van der Waals surface area contributed by atoms with Crippen molar-refractivity contribution >= 4 is 17.6 Å². The van der Waals surface area contributed by atoms with Gasteiger partial charge in [0, 0.05) is 17.6 Å². The molecule has 0 bridgehead atoms. The smallest absolute Gasteiger partial charge is 0.228 e. The van der Waals surface area contributed by atoms with Crippen molar-refractivity contribution in [3.05, 3.63) is 41.5 Å². The van der Waals surface area contributed by atoms with Crippen LogP contribution in [-0.2, 0) is 9.59 Å². The molecule has 4 nitrogen and oxygen atoms in total. The van der Waals surface area contributed by atoms with Gasteiger partial charge in [0.05, 0.1) is 5.92 Å². The Morgan fingerprint density at radius 3 is 2.40 bits per heavy atom. The lowest BCUT2D eigenvalue weighted by Crippen LogP contribution is -2.41. The fourth-order valence-electron chi connectivity index (χ4n) is 2.54. The van der Waals surface area contributed by atoms with E-state index in [4.69, 9.17) is 0 Å². The largest absolute Gasteiger partial charge is 0.550 e. The number of aliphatic carboxylic acids is 1. The van der Waals surface area contributed by atoms with Crippen LogP contribution in [-0.4, -0.2) is 11.9 Å². The molecule has 0 spiro atoms. The maximum absolute atomic E-state index is 12.3. The molecule has 1 aromatic rings. The first-order valence-corrected chi connectivity index (χ1v) is 6.73. The number of anilines is 1. The number of aryl methyl sites for hydroxylation is 2. The summed E-state index contributed by atoms with van der Waals surface area (Å²) in [5.41, 5.74) is 2.82. The summed E-state index contributed by atoms with van der Waals surface area (Å²) in [6.45, 7) is 3.90. The average Bonchev–Trinajstić information content (AvgIpc) is 2.41. The second kappa shape index (κ2) is 5.90. The Bertz CT molecular complexity index is 563. The number of allylic oxidation sites excluding steroid dienone is 2. The molecule has 1 N–H and O–H groups in total. The first-order chi connectivity index (χ1) is 9.49. The molecule has 0 saturated carbocycles. The van der Waals surface area contributed by atoms with Crippen molar-refractivity contribution in [2.45, 2.75) is 26.7 Å². The highest BCUT2D eigenvalue weighted by Gasteiger charge is 2.29. The summed E-state index contributed by atoms with van der Waals surface area (Å²) >= 11 is 0. The zero-order chi connectivity index (χ0) is 14.7. The number of carbonyl (C=O) groups excluding carboxylic acids is 2. The van der Waals surface area contributed by atoms with Gasteiger partial charge in [0.15, 0.2) is 0 Å². The summed E-state index contributed by atoms with van der Waals surface area (Å²) in [5.74, 6) is -2.72. The molecule has 1 aromatic carbocycles. The van der Waals surface area contributed by atoms with Crippen molar-refractivity contribution in [2.24, 2.45) is 11.8 Å². The minimum Gasteiger partial charge on any atom is -0.550 e. The van der Waals surface area contributed by atoms with Gasteiger partial charge in [-0.2, -0.15) is 0 Å². The van der Waals surface area contributed by atoms with E-state index in [0.29, 0.717) is 12.8 Å². The van der Waals surface area contributed by atoms with Gasteiger partial charge in [0.1, 0.15) is 0 Å². The van der Waals surface area contributed by atoms with E-state index in [0.717, 1.165) is 16.8 Å². The summed E-state index contributed by atoms with van der Waals surface area (Å²) in [4.78, 5) is 23.4. The van der Waals surface area contributed by atoms with Crippen LogP contribution in [0.5, 0.6) is 0 Å². The van der Waals surface area contributed by atoms with E-state index < -0.39 is 17.8 Å². The first kappa shape index (κ1) is 14.3. The van der Waals surface area contributed by atoms with Crippen molar-refractivity contribution < 1.29 is 14.7 Å². The Morgan fingerprint density at radius 1 is 1.15 bits per heavy atom. The fourth-order valence-corrected chi connectivity index (χ4v) is 2.54. The maximum atomic E-state index is 12.3. The number of nitrogens with one attached hydrogen (secondary N) is 1. The van der Waals surface area contributed by atoms with Gasteiger partial charge in [-0.15, -0.1) is 0 Å². The highest BCUT2D eigenvalue weighted by Crippen LogP contribution is 2.27. The van der Waals surface area contributed by atoms with Crippen LogP contribution >= 0.6 is 0 Å². The van der Waals surface area contributed by atoms with Crippen LogP contribution in [0.15, 0.2) is 30.4 Å². The van der Waals surface area contributed by atoms with Crippen molar-refractivity contribution in [2.75, 3.05) is 5.32 Å². The summed E-state index contributed by atoms with van der Waals surface area (Å²) < 4.78 is 0. The van der Waals surface area contributed by atoms with Crippen molar-refractivity contribution in [3.63, 3.8) is 0 Å². The summed E-state index contributed by atoms with van der Waals surface area (Å²) in [7, 11) is 0. The lowest BCUT2D eigenvalue weighted by molar-refractivity contribution is -0.313. The minimum absolute atomic E-state index is 0.254. The zero-order valence-electron chi connectivity index (χ0n) is 11.7. The second-order valence-corrected chi connectivity index (χ2v) is 5.28. The van der Waals surface area contributed by atoms with Crippen LogP contribution in [0.3, 0.4) is 0 Å². The van der Waals surface area contributed by atoms with E-state index in [1.54, 1.807) is 6.08 Å². The van der Waals surface area contributed by atoms with E-state index in [1.807, 2.05) is 38.1 Å². The van der Waals surface area contributed by atoms with Gasteiger partial charge in [-0.1, -0.05) is 29.8 Å². The van der Waals surface area contributed by atoms with Crippen molar-refractivity contribution in [1.29, 1.82) is 0 Å². The molecule has 1 aliphatic rings. The molecule has 2 rings (SSSR count). The molecule has 0 aliphatic heterocycles. The van der Waals surface area contributed by atoms with Crippen LogP contribution in [0.1, 0.15) is 24.0 Å². The van der Waals surface area contributed by atoms with Crippen LogP contribution in [0.25, 0.3) is 0 Å². The molecule has 0 aromatic heterocycles. The Morgan fingerprint density at radius 2 is 1.80 bits per heavy atom. The van der Waals surface area contributed by atoms with Crippen LogP contribution in [0.4, 0.5) is 5.69 Å². The van der Waals surface area contributed by atoms with Crippen LogP contribution in [0.2, 0.25) is 0 Å². The van der Waals surface area contributed by atoms with Gasteiger partial charge in [-0.3, -0.25) is 4.79 Å². The van der Waals surface area contributed by atoms with Crippen molar-refractivity contribution in [1.82, 2.24) is 0 Å². The van der Waals surface area contributed by atoms with Crippen LogP contribution < -0.4 is 10.4 Å². The summed E-state index contributed by atoms with van der Waals surface area (Å²) in [6.07, 6.45) is 4.44. The average molecular weight is 272 g/mol. The molecule has 0 heterocycles. The molecule has 4 heteroatoms. The Kier molecular flexibility index (Phi) is 4.23. The zero-order valence-corrected chi connectivity index (χ0v) is 11.7. The summed E-state index contributed by atoms with van der Waals surface area (Å²) in [5, 5.41) is 13.9. The molecule has 0 fully saturated rings. The highest BCUT2D eigenvalue weighted by atomic mass is 16.4. The number of hydrogen-bond donors (Lipinski definition) is 1. The first-order valence-electron chi connectivity index (χ1n) is 6.73. The third-order valence-electron chi connectivity index (χ3n) is 3.71. The van der Waals surface area contributed by atoms with Gasteiger partial charge >= 0.3 is 0 Å². The van der Waals surface area contributed by atoms with Gasteiger partial charge < -0.3 is 15.2 Å². The SMILES string of the molecule is Cc1ccc(NC(=O)[C@@H]2CC=CC[C@@H]2C(=O)[O-])c(C)c1. The quantitative estimate of drug-likeness (QED) is 0.849. The van der Waals surface area contributed by atoms with Gasteiger partial charge in [0.25, 0.3) is 0 Å². The molecular formula is C16H18NO3-. The maximum Gasteiger partial charge on any atom is 0.228 e. The highest BCUT2D eigenvalue weighted by molar-refractivity contribution is 5.95. The topological polar surface area (TPSA) is 69.2 Å². The number of carbonyl (C=O) groups is 2. The predicted molar refractivity (Wildman–Crippen MR) is 74.9 cm³/mol. The summed E-state index contributed by atoms with van der Waals surface area (Å²) in [6, 6.07) is 5.74. The number of benzene rings is 1. The lowest BCUT2D eigenvalue weighted by atomic mass is 9.82. The molecule has 0 radical (unpaired) electrons. The van der Waals surface area contributed by atoms with E-state index in [2.05, 4.69) is 5.32 Å². The third kappa shape index (κ3) is 3.07. The molecular weight excluding hydrogens is 254 g/mol. The predicted octanol–water partition coefficient (Wildman–Crippen LogP) is 1.57. The Balaban J connectivity index is 2.14. The number of rotatable bonds is 3. The minimum atomic E-state index is -1.16. The van der Waals surface area contributed by atoms with Crippen LogP contribution in [0, 0.1) is 25.7 Å². The van der Waals surface area contributed by atoms with E-state index in [1.165, 1.54) is 0 Å². The number of carboxylic acids is 1. The number of carboxylic acid groups (broad SMARTS) is 1. The number of hydrogen-bond acceptors (Lipinski definition) is 3. The molecule has 0 unspecified atom stereocenters. The molecule has 2 atom stereocenters. The van der Waals surface area contributed by atoms with Crippen molar-refractivity contribution in [3.8, 4) is 0 Å².